The first-order valence-corrected chi connectivity index (χ1v) is 8.10. The van der Waals surface area contributed by atoms with Crippen LogP contribution >= 0.6 is 0 Å². The predicted octanol–water partition coefficient (Wildman–Crippen LogP) is 1.71. The van der Waals surface area contributed by atoms with E-state index >= 15 is 0 Å². The van der Waals surface area contributed by atoms with Crippen molar-refractivity contribution < 1.29 is 4.79 Å². The third kappa shape index (κ3) is 2.76. The highest BCUT2D eigenvalue weighted by atomic mass is 16.1. The molecular weight excluding hydrogens is 302 g/mol. The van der Waals surface area contributed by atoms with E-state index in [0.717, 1.165) is 24.0 Å². The summed E-state index contributed by atoms with van der Waals surface area (Å²) in [5.74, 6) is -0.0799. The maximum absolute atomic E-state index is 12.5. The maximum atomic E-state index is 12.5. The Bertz CT molecular complexity index is 901. The molecule has 1 aromatic heterocycles. The third-order valence-corrected chi connectivity index (χ3v) is 4.55. The van der Waals surface area contributed by atoms with E-state index in [0.29, 0.717) is 17.6 Å². The van der Waals surface area contributed by atoms with Gasteiger partial charge in [-0.15, -0.1) is 0 Å². The number of hydrogen-bond acceptors (Lipinski definition) is 4. The quantitative estimate of drug-likeness (QED) is 0.686. The first-order valence-electron chi connectivity index (χ1n) is 8.10. The molecule has 122 valence electrons. The Labute approximate surface area is 139 Å². The highest BCUT2D eigenvalue weighted by Gasteiger charge is 2.18. The fraction of sp³-hybridized carbons (Fsp3) is 0.278. The Morgan fingerprint density at radius 1 is 1.25 bits per heavy atom. The second-order valence-corrected chi connectivity index (χ2v) is 6.25. The minimum absolute atomic E-state index is 0.0799. The summed E-state index contributed by atoms with van der Waals surface area (Å²) in [6.45, 7) is 3.38. The summed E-state index contributed by atoms with van der Waals surface area (Å²) in [6, 6.07) is 12.3. The average molecular weight is 321 g/mol. The summed E-state index contributed by atoms with van der Waals surface area (Å²) < 4.78 is 0. The summed E-state index contributed by atoms with van der Waals surface area (Å²) in [6.07, 6.45) is 0.928. The molecule has 0 radical (unpaired) electrons. The minimum atomic E-state index is -0.0799. The van der Waals surface area contributed by atoms with Crippen molar-refractivity contribution in [2.75, 3.05) is 6.54 Å². The minimum Gasteiger partial charge on any atom is -0.350 e. The van der Waals surface area contributed by atoms with Crippen molar-refractivity contribution in [3.05, 3.63) is 58.7 Å². The van der Waals surface area contributed by atoms with Crippen LogP contribution in [0.15, 0.2) is 36.4 Å². The number of aryl methyl sites for hydroxylation is 1. The number of rotatable bonds is 3. The lowest BCUT2D eigenvalue weighted by Crippen LogP contribution is -2.44. The highest BCUT2D eigenvalue weighted by molar-refractivity contribution is 5.98. The van der Waals surface area contributed by atoms with Crippen LogP contribution in [0.1, 0.15) is 27.0 Å². The molecule has 1 amide bonds. The number of nitrogens with one attached hydrogen (secondary N) is 3. The molecule has 1 atom stereocenters. The van der Waals surface area contributed by atoms with Gasteiger partial charge in [0, 0.05) is 24.7 Å². The fourth-order valence-corrected chi connectivity index (χ4v) is 3.23. The molecule has 0 saturated heterocycles. The zero-order valence-electron chi connectivity index (χ0n) is 13.5. The van der Waals surface area contributed by atoms with Gasteiger partial charge in [0.15, 0.2) is 0 Å². The van der Waals surface area contributed by atoms with Crippen molar-refractivity contribution in [3.63, 3.8) is 0 Å². The van der Waals surface area contributed by atoms with E-state index in [2.05, 4.69) is 50.3 Å². The van der Waals surface area contributed by atoms with Crippen molar-refractivity contribution in [2.45, 2.75) is 25.9 Å². The molecule has 0 bridgehead atoms. The summed E-state index contributed by atoms with van der Waals surface area (Å²) in [4.78, 5) is 12.5. The molecule has 0 fully saturated rings. The topological polar surface area (TPSA) is 82.7 Å². The van der Waals surface area contributed by atoms with Crippen molar-refractivity contribution in [1.29, 1.82) is 0 Å². The third-order valence-electron chi connectivity index (χ3n) is 4.55. The highest BCUT2D eigenvalue weighted by Crippen LogP contribution is 2.17. The normalized spacial score (nSPS) is 16.8. The van der Waals surface area contributed by atoms with Crippen molar-refractivity contribution in [2.24, 2.45) is 0 Å². The number of nitrogens with zero attached hydrogens (tertiary/aromatic N) is 2. The second-order valence-electron chi connectivity index (χ2n) is 6.25. The van der Waals surface area contributed by atoms with Gasteiger partial charge in [0.05, 0.1) is 0 Å². The Morgan fingerprint density at radius 3 is 2.96 bits per heavy atom. The van der Waals surface area contributed by atoms with Crippen LogP contribution in [0.25, 0.3) is 11.0 Å². The largest absolute Gasteiger partial charge is 0.350 e. The van der Waals surface area contributed by atoms with Crippen molar-refractivity contribution in [1.82, 2.24) is 26.0 Å². The maximum Gasteiger partial charge on any atom is 0.251 e. The van der Waals surface area contributed by atoms with Crippen LogP contribution in [0.4, 0.5) is 0 Å². The molecule has 0 saturated carbocycles. The van der Waals surface area contributed by atoms with E-state index < -0.39 is 0 Å². The van der Waals surface area contributed by atoms with Crippen LogP contribution in [0, 0.1) is 6.92 Å². The second kappa shape index (κ2) is 6.05. The van der Waals surface area contributed by atoms with Gasteiger partial charge in [0.2, 0.25) is 0 Å². The average Bonchev–Trinajstić information content (AvgIpc) is 3.08. The number of aromatic amines is 1. The number of hydrogen-bond donors (Lipinski definition) is 3. The van der Waals surface area contributed by atoms with Crippen LogP contribution < -0.4 is 10.6 Å². The molecule has 2 heterocycles. The smallest absolute Gasteiger partial charge is 0.251 e. The molecule has 2 aromatic carbocycles. The molecule has 6 nitrogen and oxygen atoms in total. The summed E-state index contributed by atoms with van der Waals surface area (Å²) in [7, 11) is 0. The van der Waals surface area contributed by atoms with Gasteiger partial charge >= 0.3 is 0 Å². The molecule has 6 heteroatoms. The van der Waals surface area contributed by atoms with Gasteiger partial charge in [-0.2, -0.15) is 15.4 Å². The van der Waals surface area contributed by atoms with E-state index in [1.165, 1.54) is 11.1 Å². The fourth-order valence-electron chi connectivity index (χ4n) is 3.23. The summed E-state index contributed by atoms with van der Waals surface area (Å²) in [5.41, 5.74) is 5.77. The van der Waals surface area contributed by atoms with Crippen LogP contribution in [-0.4, -0.2) is 33.9 Å². The first-order chi connectivity index (χ1) is 11.7. The van der Waals surface area contributed by atoms with Gasteiger partial charge in [-0.25, -0.2) is 0 Å². The Hall–Kier alpha value is -2.73. The van der Waals surface area contributed by atoms with Crippen LogP contribution in [-0.2, 0) is 13.0 Å². The monoisotopic (exact) mass is 321 g/mol. The SMILES string of the molecule is Cc1cc(C(=O)NCC2Cc3ccccc3CN2)cc2n[nH]nc12. The molecule has 24 heavy (non-hydrogen) atoms. The van der Waals surface area contributed by atoms with Crippen molar-refractivity contribution >= 4 is 16.9 Å². The zero-order chi connectivity index (χ0) is 16.5. The number of amides is 1. The summed E-state index contributed by atoms with van der Waals surface area (Å²) >= 11 is 0. The lowest BCUT2D eigenvalue weighted by Gasteiger charge is -2.26. The lowest BCUT2D eigenvalue weighted by molar-refractivity contribution is 0.0949. The Balaban J connectivity index is 1.43. The Morgan fingerprint density at radius 2 is 2.08 bits per heavy atom. The van der Waals surface area contributed by atoms with Gasteiger partial charge < -0.3 is 10.6 Å². The van der Waals surface area contributed by atoms with Crippen LogP contribution in [0.2, 0.25) is 0 Å². The number of carbonyl (C=O) groups excluding carboxylic acids is 1. The predicted molar refractivity (Wildman–Crippen MR) is 91.7 cm³/mol. The van der Waals surface area contributed by atoms with Gasteiger partial charge in [-0.05, 0) is 42.2 Å². The van der Waals surface area contributed by atoms with Crippen LogP contribution in [0.5, 0.6) is 0 Å². The molecule has 0 aliphatic carbocycles. The molecular formula is C18H19N5O. The molecule has 1 unspecified atom stereocenters. The van der Waals surface area contributed by atoms with Gasteiger partial charge in [-0.3, -0.25) is 4.79 Å². The molecule has 4 rings (SSSR count). The van der Waals surface area contributed by atoms with E-state index in [-0.39, 0.29) is 11.9 Å². The van der Waals surface area contributed by atoms with E-state index in [1.54, 1.807) is 6.07 Å². The lowest BCUT2D eigenvalue weighted by atomic mass is 9.96. The zero-order valence-corrected chi connectivity index (χ0v) is 13.5. The molecule has 1 aliphatic heterocycles. The van der Waals surface area contributed by atoms with Crippen LogP contribution in [0.3, 0.4) is 0 Å². The number of fused-ring (bicyclic) bond motifs is 2. The van der Waals surface area contributed by atoms with E-state index in [9.17, 15) is 4.79 Å². The number of carbonyl (C=O) groups is 1. The number of benzene rings is 2. The van der Waals surface area contributed by atoms with E-state index in [1.807, 2.05) is 13.0 Å². The molecule has 0 spiro atoms. The van der Waals surface area contributed by atoms with Crippen molar-refractivity contribution in [3.8, 4) is 0 Å². The molecule has 3 aromatic rings. The summed E-state index contributed by atoms with van der Waals surface area (Å²) in [5, 5.41) is 17.2. The Kier molecular flexibility index (Phi) is 3.74. The van der Waals surface area contributed by atoms with Gasteiger partial charge in [-0.1, -0.05) is 24.3 Å². The standard InChI is InChI=1S/C18H19N5O/c1-11-6-14(8-16-17(11)22-23-21-16)18(24)20-10-15-7-12-4-2-3-5-13(12)9-19-15/h2-6,8,15,19H,7,9-10H2,1H3,(H,20,24)(H,21,22,23). The van der Waals surface area contributed by atoms with Gasteiger partial charge in [0.1, 0.15) is 11.0 Å². The molecule has 1 aliphatic rings. The number of aromatic nitrogens is 3. The number of H-pyrrole nitrogens is 1. The first kappa shape index (κ1) is 14.8. The van der Waals surface area contributed by atoms with Gasteiger partial charge in [0.25, 0.3) is 5.91 Å². The molecule has 3 N–H and O–H groups in total. The van der Waals surface area contributed by atoms with E-state index in [4.69, 9.17) is 0 Å².